The first-order valence-electron chi connectivity index (χ1n) is 6.79. The van der Waals surface area contributed by atoms with Gasteiger partial charge in [0.1, 0.15) is 5.82 Å². The maximum absolute atomic E-state index is 13.2. The van der Waals surface area contributed by atoms with E-state index < -0.39 is 15.8 Å². The molecule has 1 fully saturated rings. The Morgan fingerprint density at radius 1 is 1.29 bits per heavy atom. The van der Waals surface area contributed by atoms with Crippen molar-refractivity contribution in [3.05, 3.63) is 30.1 Å². The smallest absolute Gasteiger partial charge is 0.243 e. The van der Waals surface area contributed by atoms with Crippen molar-refractivity contribution in [2.24, 2.45) is 5.92 Å². The number of carbonyl (C=O) groups excluding carboxylic acids is 1. The molecule has 1 saturated heterocycles. The Labute approximate surface area is 124 Å². The lowest BCUT2D eigenvalue weighted by Gasteiger charge is -2.31. The van der Waals surface area contributed by atoms with Gasteiger partial charge in [-0.25, -0.2) is 12.8 Å². The first kappa shape index (κ1) is 15.9. The number of nitrogens with zero attached hydrogens (tertiary/aromatic N) is 2. The van der Waals surface area contributed by atoms with E-state index in [4.69, 9.17) is 0 Å². The molecule has 0 spiro atoms. The first-order valence-corrected chi connectivity index (χ1v) is 8.23. The van der Waals surface area contributed by atoms with E-state index in [0.717, 1.165) is 6.07 Å². The van der Waals surface area contributed by atoms with Crippen LogP contribution in [0.15, 0.2) is 29.2 Å². The van der Waals surface area contributed by atoms with Gasteiger partial charge in [-0.05, 0) is 31.0 Å². The summed E-state index contributed by atoms with van der Waals surface area (Å²) in [5.41, 5.74) is 0. The highest BCUT2D eigenvalue weighted by atomic mass is 32.2. The van der Waals surface area contributed by atoms with Gasteiger partial charge >= 0.3 is 0 Å². The van der Waals surface area contributed by atoms with E-state index in [1.165, 1.54) is 27.4 Å². The van der Waals surface area contributed by atoms with E-state index in [1.54, 1.807) is 14.1 Å². The van der Waals surface area contributed by atoms with Crippen LogP contribution < -0.4 is 0 Å². The molecule has 116 valence electrons. The topological polar surface area (TPSA) is 57.7 Å². The molecule has 0 aliphatic carbocycles. The van der Waals surface area contributed by atoms with Gasteiger partial charge in [0.15, 0.2) is 0 Å². The SMILES string of the molecule is CN(C)C(=O)C1CCN(S(=O)(=O)c2cccc(F)c2)CC1. The zero-order valence-electron chi connectivity index (χ0n) is 12.1. The van der Waals surface area contributed by atoms with Crippen molar-refractivity contribution in [1.82, 2.24) is 9.21 Å². The molecule has 0 atom stereocenters. The minimum atomic E-state index is -3.69. The van der Waals surface area contributed by atoms with Gasteiger partial charge in [-0.1, -0.05) is 6.07 Å². The Kier molecular flexibility index (Phi) is 4.63. The number of amides is 1. The van der Waals surface area contributed by atoms with Gasteiger partial charge in [-0.2, -0.15) is 4.31 Å². The van der Waals surface area contributed by atoms with Crippen molar-refractivity contribution in [3.8, 4) is 0 Å². The van der Waals surface area contributed by atoms with Crippen molar-refractivity contribution in [2.45, 2.75) is 17.7 Å². The zero-order chi connectivity index (χ0) is 15.6. The fourth-order valence-corrected chi connectivity index (χ4v) is 3.99. The summed E-state index contributed by atoms with van der Waals surface area (Å²) in [4.78, 5) is 13.4. The molecule has 0 unspecified atom stereocenters. The molecule has 1 aliphatic rings. The van der Waals surface area contributed by atoms with E-state index >= 15 is 0 Å². The third-order valence-corrected chi connectivity index (χ3v) is 5.57. The van der Waals surface area contributed by atoms with E-state index in [9.17, 15) is 17.6 Å². The number of piperidine rings is 1. The molecule has 1 aromatic carbocycles. The minimum Gasteiger partial charge on any atom is -0.349 e. The lowest BCUT2D eigenvalue weighted by molar-refractivity contribution is -0.134. The Bertz CT molecular complexity index is 623. The molecule has 7 heteroatoms. The highest BCUT2D eigenvalue weighted by Crippen LogP contribution is 2.25. The fraction of sp³-hybridized carbons (Fsp3) is 0.500. The number of hydrogen-bond donors (Lipinski definition) is 0. The quantitative estimate of drug-likeness (QED) is 0.845. The number of carbonyl (C=O) groups is 1. The molecule has 2 rings (SSSR count). The molecule has 0 radical (unpaired) electrons. The summed E-state index contributed by atoms with van der Waals surface area (Å²) in [7, 11) is -0.300. The van der Waals surface area contributed by atoms with Gasteiger partial charge in [0.25, 0.3) is 0 Å². The predicted molar refractivity (Wildman–Crippen MR) is 76.6 cm³/mol. The molecule has 1 aromatic rings. The average Bonchev–Trinajstić information content (AvgIpc) is 2.46. The second-order valence-electron chi connectivity index (χ2n) is 5.37. The normalized spacial score (nSPS) is 17.7. The van der Waals surface area contributed by atoms with Crippen LogP contribution in [-0.2, 0) is 14.8 Å². The summed E-state index contributed by atoms with van der Waals surface area (Å²) in [6.45, 7) is 0.562. The van der Waals surface area contributed by atoms with Crippen LogP contribution in [0.3, 0.4) is 0 Å². The monoisotopic (exact) mass is 314 g/mol. The molecule has 0 saturated carbocycles. The number of hydrogen-bond acceptors (Lipinski definition) is 3. The lowest BCUT2D eigenvalue weighted by Crippen LogP contribution is -2.42. The lowest BCUT2D eigenvalue weighted by atomic mass is 9.97. The van der Waals surface area contributed by atoms with Crippen LogP contribution in [0.1, 0.15) is 12.8 Å². The zero-order valence-corrected chi connectivity index (χ0v) is 12.9. The van der Waals surface area contributed by atoms with Gasteiger partial charge in [0.2, 0.25) is 15.9 Å². The van der Waals surface area contributed by atoms with Crippen molar-refractivity contribution in [2.75, 3.05) is 27.2 Å². The highest BCUT2D eigenvalue weighted by molar-refractivity contribution is 7.89. The molecule has 21 heavy (non-hydrogen) atoms. The van der Waals surface area contributed by atoms with Crippen LogP contribution in [0, 0.1) is 11.7 Å². The summed E-state index contributed by atoms with van der Waals surface area (Å²) in [5, 5.41) is 0. The van der Waals surface area contributed by atoms with Gasteiger partial charge in [0.05, 0.1) is 4.90 Å². The summed E-state index contributed by atoms with van der Waals surface area (Å²) in [6, 6.07) is 4.99. The van der Waals surface area contributed by atoms with Crippen LogP contribution in [0.5, 0.6) is 0 Å². The van der Waals surface area contributed by atoms with Crippen LogP contribution in [0.4, 0.5) is 4.39 Å². The molecule has 5 nitrogen and oxygen atoms in total. The van der Waals surface area contributed by atoms with Crippen molar-refractivity contribution in [1.29, 1.82) is 0 Å². The summed E-state index contributed by atoms with van der Waals surface area (Å²) < 4.78 is 39.3. The van der Waals surface area contributed by atoms with Crippen molar-refractivity contribution in [3.63, 3.8) is 0 Å². The van der Waals surface area contributed by atoms with E-state index in [0.29, 0.717) is 12.8 Å². The second kappa shape index (κ2) is 6.11. The molecule has 1 aliphatic heterocycles. The highest BCUT2D eigenvalue weighted by Gasteiger charge is 2.32. The maximum Gasteiger partial charge on any atom is 0.243 e. The molecular weight excluding hydrogens is 295 g/mol. The van der Waals surface area contributed by atoms with Crippen LogP contribution in [0.2, 0.25) is 0 Å². The molecular formula is C14H19FN2O3S. The Balaban J connectivity index is 2.10. The molecule has 0 N–H and O–H groups in total. The third-order valence-electron chi connectivity index (χ3n) is 3.68. The number of sulfonamides is 1. The van der Waals surface area contributed by atoms with E-state index in [2.05, 4.69) is 0 Å². The summed E-state index contributed by atoms with van der Waals surface area (Å²) in [5.74, 6) is -0.689. The fourth-order valence-electron chi connectivity index (χ4n) is 2.48. The Hall–Kier alpha value is -1.47. The van der Waals surface area contributed by atoms with Crippen LogP contribution >= 0.6 is 0 Å². The third kappa shape index (κ3) is 3.41. The average molecular weight is 314 g/mol. The van der Waals surface area contributed by atoms with Gasteiger partial charge < -0.3 is 4.90 Å². The molecule has 0 aromatic heterocycles. The number of benzene rings is 1. The molecule has 1 amide bonds. The predicted octanol–water partition coefficient (Wildman–Crippen LogP) is 1.31. The largest absolute Gasteiger partial charge is 0.349 e. The summed E-state index contributed by atoms with van der Waals surface area (Å²) in [6.07, 6.45) is 0.983. The second-order valence-corrected chi connectivity index (χ2v) is 7.31. The Morgan fingerprint density at radius 2 is 1.90 bits per heavy atom. The van der Waals surface area contributed by atoms with Crippen LogP contribution in [0.25, 0.3) is 0 Å². The van der Waals surface area contributed by atoms with E-state index in [1.807, 2.05) is 0 Å². The van der Waals surface area contributed by atoms with Gasteiger partial charge in [0, 0.05) is 33.1 Å². The Morgan fingerprint density at radius 3 is 2.43 bits per heavy atom. The van der Waals surface area contributed by atoms with Crippen LogP contribution in [-0.4, -0.2) is 50.7 Å². The van der Waals surface area contributed by atoms with E-state index in [-0.39, 0.29) is 29.8 Å². The van der Waals surface area contributed by atoms with Crippen molar-refractivity contribution >= 4 is 15.9 Å². The number of halogens is 1. The molecule has 0 bridgehead atoms. The molecule has 1 heterocycles. The maximum atomic E-state index is 13.2. The first-order chi connectivity index (χ1) is 9.82. The summed E-state index contributed by atoms with van der Waals surface area (Å²) >= 11 is 0. The van der Waals surface area contributed by atoms with Gasteiger partial charge in [-0.3, -0.25) is 4.79 Å². The standard InChI is InChI=1S/C14H19FN2O3S/c1-16(2)14(18)11-6-8-17(9-7-11)21(19,20)13-5-3-4-12(15)10-13/h3-5,10-11H,6-9H2,1-2H3. The number of rotatable bonds is 3. The minimum absolute atomic E-state index is 0.0257. The van der Waals surface area contributed by atoms with Gasteiger partial charge in [-0.15, -0.1) is 0 Å². The van der Waals surface area contributed by atoms with Crippen molar-refractivity contribution < 1.29 is 17.6 Å².